The summed E-state index contributed by atoms with van der Waals surface area (Å²) in [6.07, 6.45) is 6.80. The maximum absolute atomic E-state index is 14.3. The number of imidazole rings is 1. The summed E-state index contributed by atoms with van der Waals surface area (Å²) >= 11 is 0. The third kappa shape index (κ3) is 2.99. The van der Waals surface area contributed by atoms with Crippen molar-refractivity contribution >= 4 is 0 Å². The molecule has 5 heteroatoms. The highest BCUT2D eigenvalue weighted by Crippen LogP contribution is 2.29. The third-order valence-electron chi connectivity index (χ3n) is 4.57. The maximum Gasteiger partial charge on any atom is 0.169 e. The number of piperidine rings is 1. The van der Waals surface area contributed by atoms with Crippen molar-refractivity contribution in [1.82, 2.24) is 14.5 Å². The lowest BCUT2D eigenvalue weighted by molar-refractivity contribution is 0.125. The second-order valence-corrected chi connectivity index (χ2v) is 6.01. The van der Waals surface area contributed by atoms with Crippen LogP contribution < -0.4 is 4.74 Å². The van der Waals surface area contributed by atoms with Crippen LogP contribution in [0.2, 0.25) is 0 Å². The Labute approximate surface area is 130 Å². The molecule has 0 radical (unpaired) electrons. The van der Waals surface area contributed by atoms with E-state index in [1.54, 1.807) is 6.07 Å². The number of aromatic nitrogens is 2. The van der Waals surface area contributed by atoms with Crippen LogP contribution in [0, 0.1) is 11.7 Å². The first-order chi connectivity index (χ1) is 10.7. The molecule has 118 valence electrons. The van der Waals surface area contributed by atoms with Crippen LogP contribution in [0.5, 0.6) is 5.75 Å². The van der Waals surface area contributed by atoms with Crippen molar-refractivity contribution in [3.63, 3.8) is 0 Å². The van der Waals surface area contributed by atoms with E-state index in [2.05, 4.69) is 21.4 Å². The van der Waals surface area contributed by atoms with Crippen molar-refractivity contribution < 1.29 is 9.13 Å². The molecule has 1 aliphatic rings. The Balaban J connectivity index is 1.73. The Morgan fingerprint density at radius 3 is 3.00 bits per heavy atom. The molecular formula is C17H22FN3O. The van der Waals surface area contributed by atoms with Crippen LogP contribution in [0.3, 0.4) is 0 Å². The zero-order valence-corrected chi connectivity index (χ0v) is 13.1. The molecule has 0 amide bonds. The molecule has 0 unspecified atom stereocenters. The second-order valence-electron chi connectivity index (χ2n) is 6.01. The van der Waals surface area contributed by atoms with E-state index < -0.39 is 0 Å². The molecule has 0 saturated carbocycles. The standard InChI is InChI=1S/C17H22FN3O/c1-13-6-8-20(11-15(13)21-9-7-19-12-21)10-14-4-3-5-16(22-2)17(14)18/h3-5,7,9,12-13,15H,6,8,10-11H2,1-2H3/t13-,15+/m0/s1. The van der Waals surface area contributed by atoms with Crippen molar-refractivity contribution in [3.05, 3.63) is 48.3 Å². The summed E-state index contributed by atoms with van der Waals surface area (Å²) in [5.74, 6) is 0.664. The molecule has 0 aliphatic carbocycles. The normalized spacial score (nSPS) is 22.7. The largest absolute Gasteiger partial charge is 0.494 e. The summed E-state index contributed by atoms with van der Waals surface area (Å²) in [5, 5.41) is 0. The fourth-order valence-electron chi connectivity index (χ4n) is 3.19. The van der Waals surface area contributed by atoms with E-state index in [4.69, 9.17) is 4.74 Å². The van der Waals surface area contributed by atoms with Crippen molar-refractivity contribution in [2.45, 2.75) is 25.9 Å². The van der Waals surface area contributed by atoms with Gasteiger partial charge in [-0.15, -0.1) is 0 Å². The number of ether oxygens (including phenoxy) is 1. The molecule has 0 spiro atoms. The molecule has 0 N–H and O–H groups in total. The van der Waals surface area contributed by atoms with Gasteiger partial charge in [0, 0.05) is 37.1 Å². The molecule has 2 aromatic rings. The molecule has 4 nitrogen and oxygen atoms in total. The molecule has 2 atom stereocenters. The summed E-state index contributed by atoms with van der Waals surface area (Å²) in [6, 6.07) is 5.73. The summed E-state index contributed by atoms with van der Waals surface area (Å²) < 4.78 is 21.5. The number of likely N-dealkylation sites (tertiary alicyclic amines) is 1. The molecule has 1 fully saturated rings. The molecule has 22 heavy (non-hydrogen) atoms. The van der Waals surface area contributed by atoms with Crippen LogP contribution >= 0.6 is 0 Å². The quantitative estimate of drug-likeness (QED) is 0.869. The van der Waals surface area contributed by atoms with E-state index >= 15 is 0 Å². The van der Waals surface area contributed by atoms with E-state index in [1.165, 1.54) is 7.11 Å². The third-order valence-corrected chi connectivity index (χ3v) is 4.57. The van der Waals surface area contributed by atoms with Gasteiger partial charge in [-0.05, 0) is 24.9 Å². The predicted octanol–water partition coefficient (Wildman–Crippen LogP) is 3.11. The fraction of sp³-hybridized carbons (Fsp3) is 0.471. The van der Waals surface area contributed by atoms with Crippen molar-refractivity contribution in [2.75, 3.05) is 20.2 Å². The first-order valence-electron chi connectivity index (χ1n) is 7.70. The highest BCUT2D eigenvalue weighted by atomic mass is 19.1. The van der Waals surface area contributed by atoms with Crippen LogP contribution in [0.25, 0.3) is 0 Å². The summed E-state index contributed by atoms with van der Waals surface area (Å²) in [7, 11) is 1.50. The number of halogens is 1. The molecule has 3 rings (SSSR count). The van der Waals surface area contributed by atoms with Crippen LogP contribution in [0.1, 0.15) is 24.9 Å². The molecule has 2 heterocycles. The minimum absolute atomic E-state index is 0.247. The summed E-state index contributed by atoms with van der Waals surface area (Å²) in [4.78, 5) is 6.45. The molecule has 1 aliphatic heterocycles. The fourth-order valence-corrected chi connectivity index (χ4v) is 3.19. The average molecular weight is 303 g/mol. The van der Waals surface area contributed by atoms with Gasteiger partial charge in [-0.25, -0.2) is 9.37 Å². The van der Waals surface area contributed by atoms with Crippen LogP contribution in [0.4, 0.5) is 4.39 Å². The highest BCUT2D eigenvalue weighted by Gasteiger charge is 2.27. The lowest BCUT2D eigenvalue weighted by Gasteiger charge is -2.37. The smallest absolute Gasteiger partial charge is 0.169 e. The zero-order chi connectivity index (χ0) is 15.5. The van der Waals surface area contributed by atoms with Crippen molar-refractivity contribution in [3.8, 4) is 5.75 Å². The van der Waals surface area contributed by atoms with Gasteiger partial charge in [0.2, 0.25) is 0 Å². The van der Waals surface area contributed by atoms with Gasteiger partial charge in [-0.1, -0.05) is 19.1 Å². The lowest BCUT2D eigenvalue weighted by Crippen LogP contribution is -2.40. The Bertz CT molecular complexity index is 614. The van der Waals surface area contributed by atoms with E-state index in [9.17, 15) is 4.39 Å². The number of rotatable bonds is 4. The first kappa shape index (κ1) is 15.0. The number of benzene rings is 1. The monoisotopic (exact) mass is 303 g/mol. The second kappa shape index (κ2) is 6.48. The summed E-state index contributed by atoms with van der Waals surface area (Å²) in [6.45, 7) is 4.78. The van der Waals surface area contributed by atoms with E-state index in [-0.39, 0.29) is 5.82 Å². The first-order valence-corrected chi connectivity index (χ1v) is 7.70. The molecule has 0 bridgehead atoms. The minimum atomic E-state index is -0.247. The van der Waals surface area contributed by atoms with Gasteiger partial charge < -0.3 is 9.30 Å². The average Bonchev–Trinajstić information content (AvgIpc) is 3.05. The van der Waals surface area contributed by atoms with Gasteiger partial charge in [-0.3, -0.25) is 4.90 Å². The summed E-state index contributed by atoms with van der Waals surface area (Å²) in [5.41, 5.74) is 0.693. The van der Waals surface area contributed by atoms with Gasteiger partial charge in [0.15, 0.2) is 11.6 Å². The Hall–Kier alpha value is -1.88. The number of methoxy groups -OCH3 is 1. The molecule has 1 aromatic heterocycles. The van der Waals surface area contributed by atoms with Crippen LogP contribution in [0.15, 0.2) is 36.9 Å². The van der Waals surface area contributed by atoms with Gasteiger partial charge in [0.25, 0.3) is 0 Å². The van der Waals surface area contributed by atoms with Crippen molar-refractivity contribution in [1.29, 1.82) is 0 Å². The maximum atomic E-state index is 14.3. The number of hydrogen-bond donors (Lipinski definition) is 0. The van der Waals surface area contributed by atoms with Gasteiger partial charge in [-0.2, -0.15) is 0 Å². The molecular weight excluding hydrogens is 281 g/mol. The van der Waals surface area contributed by atoms with E-state index in [0.717, 1.165) is 19.5 Å². The number of hydrogen-bond acceptors (Lipinski definition) is 3. The SMILES string of the molecule is COc1cccc(CN2CC[C@H](C)[C@H](n3ccnc3)C2)c1F. The van der Waals surface area contributed by atoms with Crippen LogP contribution in [-0.2, 0) is 6.54 Å². The Morgan fingerprint density at radius 1 is 1.41 bits per heavy atom. The van der Waals surface area contributed by atoms with Gasteiger partial charge in [0.05, 0.1) is 13.4 Å². The predicted molar refractivity (Wildman–Crippen MR) is 83.3 cm³/mol. The van der Waals surface area contributed by atoms with E-state index in [0.29, 0.717) is 29.8 Å². The lowest BCUT2D eigenvalue weighted by atomic mass is 9.93. The van der Waals surface area contributed by atoms with E-state index in [1.807, 2.05) is 30.9 Å². The minimum Gasteiger partial charge on any atom is -0.494 e. The number of nitrogens with zero attached hydrogens (tertiary/aromatic N) is 3. The van der Waals surface area contributed by atoms with Gasteiger partial charge in [0.1, 0.15) is 0 Å². The highest BCUT2D eigenvalue weighted by molar-refractivity contribution is 5.31. The Kier molecular flexibility index (Phi) is 4.43. The molecule has 1 aromatic carbocycles. The van der Waals surface area contributed by atoms with Crippen LogP contribution in [-0.4, -0.2) is 34.7 Å². The topological polar surface area (TPSA) is 30.3 Å². The zero-order valence-electron chi connectivity index (χ0n) is 13.1. The van der Waals surface area contributed by atoms with Gasteiger partial charge >= 0.3 is 0 Å². The molecule has 1 saturated heterocycles. The Morgan fingerprint density at radius 2 is 2.27 bits per heavy atom. The van der Waals surface area contributed by atoms with Crippen molar-refractivity contribution in [2.24, 2.45) is 5.92 Å².